The number of aromatic nitrogens is 3. The first-order valence-corrected chi connectivity index (χ1v) is 13.1. The number of carboxylic acids is 1. The maximum Gasteiger partial charge on any atom is 0.335 e. The minimum absolute atomic E-state index is 0. The van der Waals surface area contributed by atoms with Crippen molar-refractivity contribution in [3.63, 3.8) is 0 Å². The van der Waals surface area contributed by atoms with E-state index in [-0.39, 0.29) is 37.5 Å². The number of fused-ring (bicyclic) bond motifs is 1. The van der Waals surface area contributed by atoms with Crippen LogP contribution >= 0.6 is 25.1 Å². The molecule has 0 aliphatic carbocycles. The monoisotopic (exact) mass is 582 g/mol. The highest BCUT2D eigenvalue weighted by Gasteiger charge is 2.24. The summed E-state index contributed by atoms with van der Waals surface area (Å²) < 4.78 is 27.5. The van der Waals surface area contributed by atoms with Gasteiger partial charge in [-0.25, -0.2) is 14.2 Å². The van der Waals surface area contributed by atoms with Crippen molar-refractivity contribution in [2.75, 3.05) is 19.7 Å². The second-order valence-electron chi connectivity index (χ2n) is 9.73. The molecule has 0 bridgehead atoms. The molecule has 2 aromatic heterocycles. The summed E-state index contributed by atoms with van der Waals surface area (Å²) in [4.78, 5) is 23.1. The van der Waals surface area contributed by atoms with Crippen LogP contribution in [0.25, 0.3) is 16.6 Å². The zero-order chi connectivity index (χ0) is 26.9. The van der Waals surface area contributed by atoms with Gasteiger partial charge in [0.2, 0.25) is 0 Å². The number of pyridine rings is 1. The maximum absolute atomic E-state index is 14.1. The molecule has 4 heterocycles. The number of benzene rings is 2. The lowest BCUT2D eigenvalue weighted by Gasteiger charge is -2.28. The van der Waals surface area contributed by atoms with E-state index in [0.29, 0.717) is 23.8 Å². The third kappa shape index (κ3) is 6.00. The number of hydrogen-bond donors (Lipinski definition) is 1. The average molecular weight is 583 g/mol. The van der Waals surface area contributed by atoms with Gasteiger partial charge in [-0.15, -0.1) is 0 Å². The summed E-state index contributed by atoms with van der Waals surface area (Å²) >= 11 is 5.82. The van der Waals surface area contributed by atoms with E-state index >= 15 is 0 Å². The Bertz CT molecular complexity index is 1590. The molecule has 0 amide bonds. The predicted octanol–water partition coefficient (Wildman–Crippen LogP) is 5.30. The van der Waals surface area contributed by atoms with Gasteiger partial charge in [-0.05, 0) is 66.1 Å². The summed E-state index contributed by atoms with van der Waals surface area (Å²) in [6.45, 7) is 3.61. The molecule has 11 heteroatoms. The largest absolute Gasteiger partial charge is 0.484 e. The van der Waals surface area contributed by atoms with Crippen molar-refractivity contribution in [1.82, 2.24) is 19.4 Å². The summed E-state index contributed by atoms with van der Waals surface area (Å²) in [7, 11) is 0. The lowest BCUT2D eigenvalue weighted by Crippen LogP contribution is -2.32. The van der Waals surface area contributed by atoms with E-state index in [1.54, 1.807) is 30.5 Å². The highest BCUT2D eigenvalue weighted by molar-refractivity contribution is 7.59. The molecule has 1 saturated heterocycles. The Kier molecular flexibility index (Phi) is 8.41. The quantitative estimate of drug-likeness (QED) is 0.286. The van der Waals surface area contributed by atoms with Crippen molar-refractivity contribution < 1.29 is 23.8 Å². The van der Waals surface area contributed by atoms with Crippen LogP contribution in [0.4, 0.5) is 4.39 Å². The highest BCUT2D eigenvalue weighted by Crippen LogP contribution is 2.27. The Balaban J connectivity index is 0.00000323. The van der Waals surface area contributed by atoms with Gasteiger partial charge in [-0.2, -0.15) is 13.5 Å². The lowest BCUT2D eigenvalue weighted by atomic mass is 10.1. The van der Waals surface area contributed by atoms with Crippen LogP contribution in [-0.4, -0.2) is 56.3 Å². The molecule has 0 saturated carbocycles. The first-order chi connectivity index (χ1) is 18.9. The van der Waals surface area contributed by atoms with E-state index in [0.717, 1.165) is 54.1 Å². The van der Waals surface area contributed by atoms with E-state index in [4.69, 9.17) is 26.1 Å². The zero-order valence-corrected chi connectivity index (χ0v) is 23.3. The van der Waals surface area contributed by atoms with Crippen LogP contribution in [0.2, 0.25) is 5.02 Å². The zero-order valence-electron chi connectivity index (χ0n) is 21.5. The van der Waals surface area contributed by atoms with Crippen LogP contribution in [0.15, 0.2) is 60.8 Å². The van der Waals surface area contributed by atoms with Gasteiger partial charge in [0.05, 0.1) is 41.5 Å². The summed E-state index contributed by atoms with van der Waals surface area (Å²) in [5.74, 6) is -0.461. The first-order valence-electron chi connectivity index (χ1n) is 12.7. The molecule has 2 aromatic carbocycles. The Morgan fingerprint density at radius 3 is 2.80 bits per heavy atom. The van der Waals surface area contributed by atoms with Crippen molar-refractivity contribution >= 4 is 47.7 Å². The van der Waals surface area contributed by atoms with Gasteiger partial charge in [0.1, 0.15) is 12.4 Å². The molecule has 0 radical (unpaired) electrons. The summed E-state index contributed by atoms with van der Waals surface area (Å²) in [6, 6.07) is 13.3. The van der Waals surface area contributed by atoms with E-state index in [1.807, 2.05) is 12.1 Å². The number of nitrogens with zero attached hydrogens (tertiary/aromatic N) is 4. The van der Waals surface area contributed by atoms with E-state index < -0.39 is 11.8 Å². The summed E-state index contributed by atoms with van der Waals surface area (Å²) in [5.41, 5.74) is 4.71. The molecule has 2 aliphatic heterocycles. The van der Waals surface area contributed by atoms with Gasteiger partial charge in [0.25, 0.3) is 0 Å². The molecular weight excluding hydrogens is 555 g/mol. The standard InChI is InChI=1S/C29H26ClFN4O4.H2S/c30-21-2-4-27(24(31)13-21)39-17-22-11-18(5-8-32-22)20-6-9-34(14-20)16-28-33-25-3-1-19(29(36)37)12-26(25)35(28)15-23-7-10-38-23;/h1-6,8,11-13,23H,7,9-10,14-17H2,(H,36,37);1H2/t23-;/m0./s1. The number of imidazole rings is 1. The molecule has 1 atom stereocenters. The van der Waals surface area contributed by atoms with Crippen molar-refractivity contribution in [3.8, 4) is 5.75 Å². The van der Waals surface area contributed by atoms with Crippen molar-refractivity contribution in [2.45, 2.75) is 32.2 Å². The third-order valence-corrected chi connectivity index (χ3v) is 7.30. The van der Waals surface area contributed by atoms with Crippen molar-refractivity contribution in [1.29, 1.82) is 0 Å². The fraction of sp³-hybridized carbons (Fsp3) is 0.276. The van der Waals surface area contributed by atoms with Gasteiger partial charge in [0, 0.05) is 30.9 Å². The molecule has 6 rings (SSSR count). The van der Waals surface area contributed by atoms with Crippen LogP contribution in [0.5, 0.6) is 5.75 Å². The molecule has 1 fully saturated rings. The average Bonchev–Trinajstić information content (AvgIpc) is 3.50. The molecule has 8 nitrogen and oxygen atoms in total. The van der Waals surface area contributed by atoms with E-state index in [1.165, 1.54) is 12.1 Å². The Morgan fingerprint density at radius 2 is 2.05 bits per heavy atom. The smallest absolute Gasteiger partial charge is 0.335 e. The highest BCUT2D eigenvalue weighted by atomic mass is 35.5. The molecular formula is C29H28ClFN4O4S. The van der Waals surface area contributed by atoms with Crippen LogP contribution in [0.3, 0.4) is 0 Å². The van der Waals surface area contributed by atoms with Crippen LogP contribution in [0.1, 0.15) is 33.9 Å². The number of hydrogen-bond acceptors (Lipinski definition) is 6. The summed E-state index contributed by atoms with van der Waals surface area (Å²) in [5, 5.41) is 9.79. The predicted molar refractivity (Wildman–Crippen MR) is 155 cm³/mol. The molecule has 1 N–H and O–H groups in total. The number of carboxylic acid groups (broad SMARTS) is 1. The van der Waals surface area contributed by atoms with Crippen molar-refractivity contribution in [2.24, 2.45) is 0 Å². The van der Waals surface area contributed by atoms with E-state index in [9.17, 15) is 14.3 Å². The number of ether oxygens (including phenoxy) is 2. The lowest BCUT2D eigenvalue weighted by molar-refractivity contribution is -0.0591. The minimum atomic E-state index is -0.958. The molecule has 208 valence electrons. The third-order valence-electron chi connectivity index (χ3n) is 7.07. The Hall–Kier alpha value is -3.44. The van der Waals surface area contributed by atoms with Gasteiger partial charge in [0.15, 0.2) is 11.6 Å². The number of halogens is 2. The van der Waals surface area contributed by atoms with Gasteiger partial charge < -0.3 is 19.1 Å². The molecule has 0 unspecified atom stereocenters. The van der Waals surface area contributed by atoms with Crippen LogP contribution in [-0.2, 0) is 24.4 Å². The summed E-state index contributed by atoms with van der Waals surface area (Å²) in [6.07, 6.45) is 5.00. The van der Waals surface area contributed by atoms with Gasteiger partial charge in [-0.3, -0.25) is 9.88 Å². The minimum Gasteiger partial charge on any atom is -0.484 e. The second-order valence-corrected chi connectivity index (χ2v) is 10.2. The number of carbonyl (C=O) groups is 1. The van der Waals surface area contributed by atoms with Crippen LogP contribution < -0.4 is 4.74 Å². The first kappa shape index (κ1) is 28.1. The SMILES string of the molecule is O=C(O)c1ccc2nc(CN3CC=C(c4ccnc(COc5ccc(Cl)cc5F)c4)C3)n(C[C@@H]3CCO3)c2c1.S. The molecule has 2 aliphatic rings. The fourth-order valence-corrected chi connectivity index (χ4v) is 5.06. The second kappa shape index (κ2) is 12.0. The van der Waals surface area contributed by atoms with Crippen LogP contribution in [0, 0.1) is 5.82 Å². The molecule has 40 heavy (non-hydrogen) atoms. The van der Waals surface area contributed by atoms with Gasteiger partial charge in [-0.1, -0.05) is 17.7 Å². The number of rotatable bonds is 9. The Labute approximate surface area is 242 Å². The fourth-order valence-electron chi connectivity index (χ4n) is 4.90. The van der Waals surface area contributed by atoms with Crippen molar-refractivity contribution in [3.05, 3.63) is 94.3 Å². The molecule has 0 spiro atoms. The van der Waals surface area contributed by atoms with E-state index in [2.05, 4.69) is 20.5 Å². The maximum atomic E-state index is 14.1. The Morgan fingerprint density at radius 1 is 1.20 bits per heavy atom. The number of aromatic carboxylic acids is 1. The molecule has 4 aromatic rings. The topological polar surface area (TPSA) is 89.7 Å². The van der Waals surface area contributed by atoms with Gasteiger partial charge >= 0.3 is 5.97 Å². The normalized spacial score (nSPS) is 16.9.